The Bertz CT molecular complexity index is 1060. The first-order chi connectivity index (χ1) is 14.9. The van der Waals surface area contributed by atoms with Crippen molar-refractivity contribution in [2.45, 2.75) is 63.6 Å². The van der Waals surface area contributed by atoms with Gasteiger partial charge in [-0.25, -0.2) is 18.6 Å². The van der Waals surface area contributed by atoms with E-state index in [9.17, 15) is 23.8 Å². The summed E-state index contributed by atoms with van der Waals surface area (Å²) < 4.78 is 28.2. The molecule has 32 heavy (non-hydrogen) atoms. The molecule has 5 nitrogen and oxygen atoms in total. The molecule has 2 N–H and O–H groups in total. The molecule has 0 spiro atoms. The lowest BCUT2D eigenvalue weighted by Crippen LogP contribution is -2.48. The van der Waals surface area contributed by atoms with E-state index in [-0.39, 0.29) is 6.42 Å². The van der Waals surface area contributed by atoms with Crippen LogP contribution < -0.4 is 0 Å². The Morgan fingerprint density at radius 3 is 2.38 bits per heavy atom. The highest BCUT2D eigenvalue weighted by Gasteiger charge is 2.36. The minimum absolute atomic E-state index is 0.00463. The Morgan fingerprint density at radius 2 is 1.88 bits per heavy atom. The maximum Gasteiger partial charge on any atom is 0.408 e. The van der Waals surface area contributed by atoms with Crippen molar-refractivity contribution in [2.75, 3.05) is 0 Å². The van der Waals surface area contributed by atoms with Crippen molar-refractivity contribution in [3.8, 4) is 11.8 Å². The molecule has 3 rings (SSSR count). The minimum atomic E-state index is -1.19. The molecule has 1 heterocycles. The third-order valence-electron chi connectivity index (χ3n) is 5.38. The fourth-order valence-corrected chi connectivity index (χ4v) is 4.21. The predicted molar refractivity (Wildman–Crippen MR) is 120 cm³/mol. The summed E-state index contributed by atoms with van der Waals surface area (Å²) in [5.41, 5.74) is -0.785. The van der Waals surface area contributed by atoms with Crippen LogP contribution in [0.2, 0.25) is 0 Å². The summed E-state index contributed by atoms with van der Waals surface area (Å²) in [5.74, 6) is 4.25. The highest BCUT2D eigenvalue weighted by atomic mass is 79.9. The molecule has 0 aliphatic heterocycles. The van der Waals surface area contributed by atoms with Gasteiger partial charge in [0.25, 0.3) is 0 Å². The molecule has 1 aromatic carbocycles. The Hall–Kier alpha value is -2.50. The quantitative estimate of drug-likeness (QED) is 0.540. The normalized spacial score (nSPS) is 15.8. The zero-order valence-electron chi connectivity index (χ0n) is 18.1. The van der Waals surface area contributed by atoms with Crippen LogP contribution in [-0.4, -0.2) is 37.3 Å². The molecule has 0 bridgehead atoms. The van der Waals surface area contributed by atoms with E-state index in [0.717, 1.165) is 12.5 Å². The van der Waals surface area contributed by atoms with E-state index in [1.54, 1.807) is 32.9 Å². The Morgan fingerprint density at radius 1 is 1.25 bits per heavy atom. The molecule has 0 radical (unpaired) electrons. The van der Waals surface area contributed by atoms with Crippen LogP contribution in [0.1, 0.15) is 63.0 Å². The molecule has 0 saturated heterocycles. The number of aliphatic hydroxyl groups is 1. The van der Waals surface area contributed by atoms with Crippen LogP contribution in [0.4, 0.5) is 13.6 Å². The highest BCUT2D eigenvalue weighted by Crippen LogP contribution is 2.35. The van der Waals surface area contributed by atoms with Crippen LogP contribution in [-0.2, 0) is 6.42 Å². The third kappa shape index (κ3) is 5.64. The number of benzene rings is 1. The fraction of sp³-hybridized carbons (Fsp3) is 0.417. The van der Waals surface area contributed by atoms with Crippen molar-refractivity contribution < 1.29 is 23.8 Å². The average molecular weight is 507 g/mol. The summed E-state index contributed by atoms with van der Waals surface area (Å²) in [4.78, 5) is 18.0. The molecular formula is C24H25BrF2N2O3. The lowest BCUT2D eigenvalue weighted by molar-refractivity contribution is 0.0239. The largest absolute Gasteiger partial charge is 0.465 e. The van der Waals surface area contributed by atoms with E-state index in [4.69, 9.17) is 0 Å². The molecule has 1 saturated carbocycles. The van der Waals surface area contributed by atoms with Gasteiger partial charge in [-0.15, -0.1) is 0 Å². The van der Waals surface area contributed by atoms with Gasteiger partial charge in [0, 0.05) is 16.1 Å². The van der Waals surface area contributed by atoms with Gasteiger partial charge in [0.05, 0.1) is 11.7 Å². The Kier molecular flexibility index (Phi) is 6.91. The number of halogens is 3. The monoisotopic (exact) mass is 506 g/mol. The van der Waals surface area contributed by atoms with E-state index >= 15 is 0 Å². The second-order valence-corrected chi connectivity index (χ2v) is 9.87. The molecule has 8 heteroatoms. The molecule has 1 aliphatic rings. The number of hydrogen-bond donors (Lipinski definition) is 2. The van der Waals surface area contributed by atoms with Gasteiger partial charge in [-0.2, -0.15) is 0 Å². The number of amides is 1. The minimum Gasteiger partial charge on any atom is -0.465 e. The third-order valence-corrected chi connectivity index (χ3v) is 6.06. The van der Waals surface area contributed by atoms with Crippen molar-refractivity contribution in [1.29, 1.82) is 0 Å². The van der Waals surface area contributed by atoms with Crippen LogP contribution in [0.15, 0.2) is 34.8 Å². The summed E-state index contributed by atoms with van der Waals surface area (Å²) >= 11 is 3.45. The topological polar surface area (TPSA) is 73.7 Å². The van der Waals surface area contributed by atoms with Crippen molar-refractivity contribution in [1.82, 2.24) is 9.88 Å². The average Bonchev–Trinajstić information content (AvgIpc) is 2.63. The van der Waals surface area contributed by atoms with Crippen LogP contribution in [0.5, 0.6) is 0 Å². The maximum atomic E-state index is 13.8. The van der Waals surface area contributed by atoms with Crippen LogP contribution in [0, 0.1) is 23.5 Å². The Labute approximate surface area is 194 Å². The molecule has 1 aliphatic carbocycles. The summed E-state index contributed by atoms with van der Waals surface area (Å²) in [6, 6.07) is 5.66. The molecular weight excluding hydrogens is 482 g/mol. The number of carboxylic acid groups (broad SMARTS) is 1. The number of hydrogen-bond acceptors (Lipinski definition) is 3. The number of pyridine rings is 1. The predicted octanol–water partition coefficient (Wildman–Crippen LogP) is 5.45. The SMILES string of the molecule is CC(C)(C)N(C(=O)O)[C@@H](Cc1cc(F)cc(F)c1)c1nc(C#CC2(O)CCC2)ccc1Br. The van der Waals surface area contributed by atoms with Gasteiger partial charge in [0.1, 0.15) is 22.9 Å². The van der Waals surface area contributed by atoms with Crippen LogP contribution >= 0.6 is 15.9 Å². The second kappa shape index (κ2) is 9.16. The van der Waals surface area contributed by atoms with Gasteiger partial charge in [0.15, 0.2) is 0 Å². The van der Waals surface area contributed by atoms with Crippen molar-refractivity contribution in [2.24, 2.45) is 0 Å². The summed E-state index contributed by atoms with van der Waals surface area (Å²) in [5, 5.41) is 20.3. The van der Waals surface area contributed by atoms with Crippen LogP contribution in [0.25, 0.3) is 0 Å². The van der Waals surface area contributed by atoms with Gasteiger partial charge in [-0.1, -0.05) is 5.92 Å². The first-order valence-electron chi connectivity index (χ1n) is 10.3. The van der Waals surface area contributed by atoms with Gasteiger partial charge < -0.3 is 10.2 Å². The van der Waals surface area contributed by atoms with Gasteiger partial charge in [-0.05, 0) is 98.1 Å². The van der Waals surface area contributed by atoms with Gasteiger partial charge >= 0.3 is 6.09 Å². The second-order valence-electron chi connectivity index (χ2n) is 9.02. The maximum absolute atomic E-state index is 13.8. The number of aromatic nitrogens is 1. The summed E-state index contributed by atoms with van der Waals surface area (Å²) in [6.45, 7) is 5.22. The lowest BCUT2D eigenvalue weighted by atomic mass is 9.81. The summed E-state index contributed by atoms with van der Waals surface area (Å²) in [7, 11) is 0. The molecule has 1 aromatic heterocycles. The molecule has 1 atom stereocenters. The van der Waals surface area contributed by atoms with Gasteiger partial charge in [-0.3, -0.25) is 4.90 Å². The lowest BCUT2D eigenvalue weighted by Gasteiger charge is -2.39. The van der Waals surface area contributed by atoms with E-state index in [0.29, 0.717) is 34.3 Å². The van der Waals surface area contributed by atoms with Gasteiger partial charge in [0.2, 0.25) is 0 Å². The van der Waals surface area contributed by atoms with E-state index in [1.807, 2.05) is 0 Å². The molecule has 170 valence electrons. The number of nitrogens with zero attached hydrogens (tertiary/aromatic N) is 2. The molecule has 2 aromatic rings. The highest BCUT2D eigenvalue weighted by molar-refractivity contribution is 9.10. The first-order valence-corrected chi connectivity index (χ1v) is 11.1. The number of carbonyl (C=O) groups is 1. The first kappa shape index (κ1) is 24.1. The van der Waals surface area contributed by atoms with E-state index in [1.165, 1.54) is 17.0 Å². The molecule has 1 amide bonds. The van der Waals surface area contributed by atoms with Crippen LogP contribution in [0.3, 0.4) is 0 Å². The smallest absolute Gasteiger partial charge is 0.408 e. The Balaban J connectivity index is 2.09. The molecule has 1 fully saturated rings. The van der Waals surface area contributed by atoms with Crippen molar-refractivity contribution in [3.63, 3.8) is 0 Å². The standard InChI is InChI=1S/C24H25BrF2N2O3/c1-23(2,3)29(22(30)31)20(13-15-11-16(26)14-17(27)12-15)21-19(25)6-5-18(28-21)7-10-24(32)8-4-9-24/h5-6,11-12,14,20,32H,4,8-9,13H2,1-3H3,(H,30,31)/t20-/m0/s1. The summed E-state index contributed by atoms with van der Waals surface area (Å²) in [6.07, 6.45) is 0.940. The fourth-order valence-electron chi connectivity index (χ4n) is 3.73. The van der Waals surface area contributed by atoms with E-state index in [2.05, 4.69) is 32.8 Å². The molecule has 0 unspecified atom stereocenters. The van der Waals surface area contributed by atoms with E-state index < -0.39 is 34.9 Å². The zero-order chi connectivity index (χ0) is 23.7. The number of rotatable bonds is 4. The van der Waals surface area contributed by atoms with Crippen molar-refractivity contribution >= 4 is 22.0 Å². The zero-order valence-corrected chi connectivity index (χ0v) is 19.7. The van der Waals surface area contributed by atoms with Crippen molar-refractivity contribution in [3.05, 3.63) is 63.4 Å².